The van der Waals surface area contributed by atoms with E-state index in [-0.39, 0.29) is 11.7 Å². The van der Waals surface area contributed by atoms with Crippen molar-refractivity contribution >= 4 is 39.8 Å². The van der Waals surface area contributed by atoms with E-state index < -0.39 is 0 Å². The molecule has 0 aliphatic carbocycles. The first kappa shape index (κ1) is 20.3. The van der Waals surface area contributed by atoms with Gasteiger partial charge in [0.05, 0.1) is 12.3 Å². The lowest BCUT2D eigenvalue weighted by Gasteiger charge is -2.11. The first-order chi connectivity index (χ1) is 13.5. The Morgan fingerprint density at radius 2 is 2.07 bits per heavy atom. The van der Waals surface area contributed by atoms with Crippen molar-refractivity contribution in [3.63, 3.8) is 0 Å². The lowest BCUT2D eigenvalue weighted by Crippen LogP contribution is -2.14. The summed E-state index contributed by atoms with van der Waals surface area (Å²) in [5, 5.41) is 16.2. The van der Waals surface area contributed by atoms with E-state index in [1.165, 1.54) is 34.2 Å². The summed E-state index contributed by atoms with van der Waals surface area (Å²) in [6.45, 7) is 9.50. The van der Waals surface area contributed by atoms with Crippen LogP contribution in [-0.2, 0) is 17.9 Å². The molecule has 3 aromatic rings. The largest absolute Gasteiger partial charge is 0.378 e. The molecule has 1 amide bonds. The molecule has 0 aliphatic heterocycles. The van der Waals surface area contributed by atoms with E-state index in [0.717, 1.165) is 28.1 Å². The van der Waals surface area contributed by atoms with Gasteiger partial charge in [-0.05, 0) is 39.3 Å². The van der Waals surface area contributed by atoms with Crippen LogP contribution in [0.25, 0.3) is 0 Å². The van der Waals surface area contributed by atoms with Gasteiger partial charge in [0.2, 0.25) is 5.91 Å². The molecule has 9 heteroatoms. The fourth-order valence-corrected chi connectivity index (χ4v) is 4.26. The quantitative estimate of drug-likeness (QED) is 0.540. The fourth-order valence-electron chi connectivity index (χ4n) is 2.76. The van der Waals surface area contributed by atoms with Crippen molar-refractivity contribution in [2.75, 3.05) is 16.4 Å². The molecular formula is C19H24N6OS2. The van der Waals surface area contributed by atoms with Crippen molar-refractivity contribution in [3.8, 4) is 0 Å². The van der Waals surface area contributed by atoms with Crippen LogP contribution >= 0.6 is 23.1 Å². The van der Waals surface area contributed by atoms with Gasteiger partial charge < -0.3 is 15.2 Å². The number of carbonyl (C=O) groups is 1. The average molecular weight is 417 g/mol. The predicted molar refractivity (Wildman–Crippen MR) is 115 cm³/mol. The molecule has 0 radical (unpaired) electrons. The number of hydrogen-bond acceptors (Lipinski definition) is 7. The Bertz CT molecular complexity index is 965. The number of nitrogens with zero attached hydrogens (tertiary/aromatic N) is 4. The maximum atomic E-state index is 12.1. The molecule has 0 saturated heterocycles. The number of thioether (sulfide) groups is 1. The van der Waals surface area contributed by atoms with Gasteiger partial charge in [-0.2, -0.15) is 0 Å². The van der Waals surface area contributed by atoms with Gasteiger partial charge in [-0.1, -0.05) is 29.5 Å². The molecule has 0 atom stereocenters. The van der Waals surface area contributed by atoms with Crippen molar-refractivity contribution < 1.29 is 4.79 Å². The van der Waals surface area contributed by atoms with Crippen molar-refractivity contribution in [3.05, 3.63) is 46.2 Å². The Kier molecular flexibility index (Phi) is 6.69. The highest BCUT2D eigenvalue weighted by atomic mass is 32.2. The topological polar surface area (TPSA) is 84.7 Å². The van der Waals surface area contributed by atoms with Gasteiger partial charge in [0.25, 0.3) is 0 Å². The number of aryl methyl sites for hydroxylation is 3. The Hall–Kier alpha value is -2.39. The van der Waals surface area contributed by atoms with E-state index in [1.807, 2.05) is 18.4 Å². The van der Waals surface area contributed by atoms with Gasteiger partial charge in [0, 0.05) is 23.3 Å². The highest BCUT2D eigenvalue weighted by Crippen LogP contribution is 2.21. The monoisotopic (exact) mass is 416 g/mol. The number of benzene rings is 1. The van der Waals surface area contributed by atoms with Crippen LogP contribution in [0.15, 0.2) is 29.6 Å². The minimum absolute atomic E-state index is 0.0973. The molecule has 0 aliphatic rings. The normalized spacial score (nSPS) is 10.9. The van der Waals surface area contributed by atoms with E-state index in [2.05, 4.69) is 57.9 Å². The zero-order chi connectivity index (χ0) is 20.1. The third kappa shape index (κ3) is 5.11. The average Bonchev–Trinajstić information content (AvgIpc) is 3.24. The Morgan fingerprint density at radius 1 is 1.25 bits per heavy atom. The lowest BCUT2D eigenvalue weighted by molar-refractivity contribution is -0.113. The van der Waals surface area contributed by atoms with E-state index in [0.29, 0.717) is 11.7 Å². The van der Waals surface area contributed by atoms with Gasteiger partial charge in [-0.25, -0.2) is 4.98 Å². The van der Waals surface area contributed by atoms with Gasteiger partial charge >= 0.3 is 0 Å². The van der Waals surface area contributed by atoms with Gasteiger partial charge in [-0.15, -0.1) is 21.5 Å². The maximum absolute atomic E-state index is 12.1. The van der Waals surface area contributed by atoms with Crippen molar-refractivity contribution in [2.24, 2.45) is 0 Å². The van der Waals surface area contributed by atoms with Crippen LogP contribution in [0.4, 0.5) is 10.8 Å². The SMILES string of the molecule is CCn1c(CNc2ccc(C)cc2C)nnc1SCC(=O)Nc1ncc(C)s1. The highest BCUT2D eigenvalue weighted by molar-refractivity contribution is 7.99. The Morgan fingerprint density at radius 3 is 2.75 bits per heavy atom. The van der Waals surface area contributed by atoms with Gasteiger partial charge in [0.1, 0.15) is 0 Å². The van der Waals surface area contributed by atoms with Crippen LogP contribution in [0, 0.1) is 20.8 Å². The number of carbonyl (C=O) groups excluding carboxylic acids is 1. The second kappa shape index (κ2) is 9.20. The molecule has 2 aromatic heterocycles. The number of hydrogen-bond donors (Lipinski definition) is 2. The summed E-state index contributed by atoms with van der Waals surface area (Å²) in [5.74, 6) is 1.02. The van der Waals surface area contributed by atoms with Crippen LogP contribution in [0.3, 0.4) is 0 Å². The molecule has 0 unspecified atom stereocenters. The van der Waals surface area contributed by atoms with Crippen LogP contribution in [0.5, 0.6) is 0 Å². The van der Waals surface area contributed by atoms with Crippen LogP contribution < -0.4 is 10.6 Å². The summed E-state index contributed by atoms with van der Waals surface area (Å²) < 4.78 is 2.03. The number of rotatable bonds is 8. The molecule has 28 heavy (non-hydrogen) atoms. The maximum Gasteiger partial charge on any atom is 0.236 e. The Labute approximate surface area is 173 Å². The van der Waals surface area contributed by atoms with Crippen molar-refractivity contribution in [2.45, 2.75) is 45.9 Å². The van der Waals surface area contributed by atoms with E-state index in [9.17, 15) is 4.79 Å². The van der Waals surface area contributed by atoms with Crippen LogP contribution in [-0.4, -0.2) is 31.4 Å². The third-order valence-electron chi connectivity index (χ3n) is 4.13. The summed E-state index contributed by atoms with van der Waals surface area (Å²) in [6, 6.07) is 6.32. The summed E-state index contributed by atoms with van der Waals surface area (Å²) in [4.78, 5) is 17.4. The van der Waals surface area contributed by atoms with Crippen LogP contribution in [0.1, 0.15) is 28.8 Å². The molecule has 148 valence electrons. The number of amides is 1. The number of nitrogens with one attached hydrogen (secondary N) is 2. The van der Waals surface area contributed by atoms with Crippen LogP contribution in [0.2, 0.25) is 0 Å². The zero-order valence-corrected chi connectivity index (χ0v) is 18.1. The molecule has 1 aromatic carbocycles. The molecule has 0 spiro atoms. The smallest absolute Gasteiger partial charge is 0.236 e. The highest BCUT2D eigenvalue weighted by Gasteiger charge is 2.14. The molecule has 0 saturated carbocycles. The fraction of sp³-hybridized carbons (Fsp3) is 0.368. The third-order valence-corrected chi connectivity index (χ3v) is 5.92. The second-order valence-electron chi connectivity index (χ2n) is 6.43. The molecule has 2 heterocycles. The lowest BCUT2D eigenvalue weighted by atomic mass is 10.1. The second-order valence-corrected chi connectivity index (χ2v) is 8.61. The summed E-state index contributed by atoms with van der Waals surface area (Å²) in [5.41, 5.74) is 3.53. The van der Waals surface area contributed by atoms with E-state index in [1.54, 1.807) is 6.20 Å². The number of thiazole rings is 1. The number of aromatic nitrogens is 4. The van der Waals surface area contributed by atoms with Gasteiger partial charge in [-0.3, -0.25) is 4.79 Å². The zero-order valence-electron chi connectivity index (χ0n) is 16.4. The molecule has 3 rings (SSSR count). The molecule has 7 nitrogen and oxygen atoms in total. The first-order valence-electron chi connectivity index (χ1n) is 9.04. The van der Waals surface area contributed by atoms with Gasteiger partial charge in [0.15, 0.2) is 16.1 Å². The first-order valence-corrected chi connectivity index (χ1v) is 10.8. The van der Waals surface area contributed by atoms with Crippen molar-refractivity contribution in [1.82, 2.24) is 19.7 Å². The Balaban J connectivity index is 1.59. The molecule has 2 N–H and O–H groups in total. The summed E-state index contributed by atoms with van der Waals surface area (Å²) in [7, 11) is 0. The molecular weight excluding hydrogens is 392 g/mol. The molecule has 0 bridgehead atoms. The van der Waals surface area contributed by atoms with Crippen molar-refractivity contribution in [1.29, 1.82) is 0 Å². The van der Waals surface area contributed by atoms with E-state index in [4.69, 9.17) is 0 Å². The standard InChI is InChI=1S/C19H24N6OS2/c1-5-25-16(10-20-15-7-6-12(2)8-13(15)3)23-24-19(25)27-11-17(26)22-18-21-9-14(4)28-18/h6-9,20H,5,10-11H2,1-4H3,(H,21,22,26). The summed E-state index contributed by atoms with van der Waals surface area (Å²) >= 11 is 2.84. The van der Waals surface area contributed by atoms with E-state index >= 15 is 0 Å². The molecule has 0 fully saturated rings. The minimum Gasteiger partial charge on any atom is -0.378 e. The predicted octanol–water partition coefficient (Wildman–Crippen LogP) is 4.02. The number of anilines is 2. The minimum atomic E-state index is -0.0973. The summed E-state index contributed by atoms with van der Waals surface area (Å²) in [6.07, 6.45) is 1.75.